The van der Waals surface area contributed by atoms with E-state index in [4.69, 9.17) is 0 Å². The molecule has 0 radical (unpaired) electrons. The van der Waals surface area contributed by atoms with Crippen molar-refractivity contribution < 1.29 is 0 Å². The smallest absolute Gasteiger partial charge is 0.0355 e. The first-order valence-corrected chi connectivity index (χ1v) is 4.95. The minimum atomic E-state index is 1.19. The average molecular weight is 136 g/mol. The monoisotopic (exact) mass is 136 g/mol. The molecule has 0 heteroatoms. The zero-order valence-corrected chi connectivity index (χ0v) is 6.55. The van der Waals surface area contributed by atoms with Crippen molar-refractivity contribution in [3.05, 3.63) is 0 Å². The third-order valence-corrected chi connectivity index (χ3v) is 4.35. The molecule has 0 heterocycles. The SMILES string of the molecule is C1CC2CC3CCC2C3C1. The van der Waals surface area contributed by atoms with E-state index in [0.29, 0.717) is 0 Å². The highest BCUT2D eigenvalue weighted by molar-refractivity contribution is 4.99. The molecule has 0 aromatic rings. The van der Waals surface area contributed by atoms with E-state index >= 15 is 0 Å². The van der Waals surface area contributed by atoms with Gasteiger partial charge in [-0.15, -0.1) is 0 Å². The maximum atomic E-state index is 1.62. The fourth-order valence-electron chi connectivity index (χ4n) is 4.02. The first-order valence-electron chi connectivity index (χ1n) is 4.95. The van der Waals surface area contributed by atoms with E-state index in [-0.39, 0.29) is 0 Å². The molecule has 56 valence electrons. The number of hydrogen-bond acceptors (Lipinski definition) is 0. The van der Waals surface area contributed by atoms with Crippen LogP contribution in [0.5, 0.6) is 0 Å². The molecule has 3 fully saturated rings. The van der Waals surface area contributed by atoms with E-state index in [2.05, 4.69) is 0 Å². The van der Waals surface area contributed by atoms with Gasteiger partial charge < -0.3 is 0 Å². The minimum absolute atomic E-state index is 1.19. The van der Waals surface area contributed by atoms with Crippen LogP contribution in [0.3, 0.4) is 0 Å². The molecular weight excluding hydrogens is 120 g/mol. The van der Waals surface area contributed by atoms with Gasteiger partial charge in [0.15, 0.2) is 0 Å². The van der Waals surface area contributed by atoms with E-state index in [1.54, 1.807) is 38.5 Å². The summed E-state index contributed by atoms with van der Waals surface area (Å²) in [7, 11) is 0. The molecule has 3 aliphatic rings. The van der Waals surface area contributed by atoms with E-state index in [0.717, 1.165) is 0 Å². The van der Waals surface area contributed by atoms with Gasteiger partial charge in [-0.05, 0) is 49.4 Å². The molecule has 0 amide bonds. The Morgan fingerprint density at radius 2 is 1.50 bits per heavy atom. The van der Waals surface area contributed by atoms with Crippen molar-refractivity contribution in [1.29, 1.82) is 0 Å². The van der Waals surface area contributed by atoms with E-state index in [1.807, 2.05) is 0 Å². The van der Waals surface area contributed by atoms with Crippen molar-refractivity contribution in [2.75, 3.05) is 0 Å². The largest absolute Gasteiger partial charge is 0.0527 e. The quantitative estimate of drug-likeness (QED) is 0.480. The second-order valence-corrected chi connectivity index (χ2v) is 4.59. The standard InChI is InChI=1S/C10H16/c1-2-7-6-8-4-5-10(7)9(8)3-1/h7-10H,1-6H2. The van der Waals surface area contributed by atoms with Crippen LogP contribution in [-0.2, 0) is 0 Å². The summed E-state index contributed by atoms with van der Waals surface area (Å²) in [6.45, 7) is 0. The van der Waals surface area contributed by atoms with Crippen LogP contribution >= 0.6 is 0 Å². The van der Waals surface area contributed by atoms with Gasteiger partial charge in [-0.1, -0.05) is 12.8 Å². The Morgan fingerprint density at radius 3 is 2.30 bits per heavy atom. The fourth-order valence-corrected chi connectivity index (χ4v) is 4.02. The Hall–Kier alpha value is 0. The zero-order valence-electron chi connectivity index (χ0n) is 6.55. The number of hydrogen-bond donors (Lipinski definition) is 0. The maximum Gasteiger partial charge on any atom is -0.0355 e. The van der Waals surface area contributed by atoms with Gasteiger partial charge in [0.25, 0.3) is 0 Å². The zero-order chi connectivity index (χ0) is 6.55. The highest BCUT2D eigenvalue weighted by Gasteiger charge is 2.48. The summed E-state index contributed by atoms with van der Waals surface area (Å²) >= 11 is 0. The minimum Gasteiger partial charge on any atom is -0.0527 e. The van der Waals surface area contributed by atoms with E-state index < -0.39 is 0 Å². The van der Waals surface area contributed by atoms with Crippen LogP contribution in [0.1, 0.15) is 38.5 Å². The molecule has 4 unspecified atom stereocenters. The van der Waals surface area contributed by atoms with Gasteiger partial charge in [-0.3, -0.25) is 0 Å². The second kappa shape index (κ2) is 1.78. The highest BCUT2D eigenvalue weighted by atomic mass is 14.5. The molecule has 4 atom stereocenters. The second-order valence-electron chi connectivity index (χ2n) is 4.59. The topological polar surface area (TPSA) is 0 Å². The van der Waals surface area contributed by atoms with Crippen LogP contribution in [0.4, 0.5) is 0 Å². The molecular formula is C10H16. The molecule has 0 N–H and O–H groups in total. The molecule has 3 aliphatic carbocycles. The summed E-state index contributed by atoms with van der Waals surface area (Å²) in [4.78, 5) is 0. The van der Waals surface area contributed by atoms with Crippen molar-refractivity contribution in [3.63, 3.8) is 0 Å². The van der Waals surface area contributed by atoms with Gasteiger partial charge >= 0.3 is 0 Å². The average Bonchev–Trinajstić information content (AvgIpc) is 2.44. The summed E-state index contributed by atoms with van der Waals surface area (Å²) in [6.07, 6.45) is 9.53. The Labute approximate surface area is 63.0 Å². The van der Waals surface area contributed by atoms with Gasteiger partial charge in [-0.2, -0.15) is 0 Å². The van der Waals surface area contributed by atoms with Gasteiger partial charge in [0.1, 0.15) is 0 Å². The Morgan fingerprint density at radius 1 is 0.700 bits per heavy atom. The lowest BCUT2D eigenvalue weighted by Crippen LogP contribution is -2.17. The van der Waals surface area contributed by atoms with Crippen molar-refractivity contribution in [2.45, 2.75) is 38.5 Å². The molecule has 4 bridgehead atoms. The van der Waals surface area contributed by atoms with Crippen molar-refractivity contribution >= 4 is 0 Å². The van der Waals surface area contributed by atoms with Gasteiger partial charge in [0.05, 0.1) is 0 Å². The van der Waals surface area contributed by atoms with E-state index in [9.17, 15) is 0 Å². The molecule has 10 heavy (non-hydrogen) atoms. The molecule has 3 rings (SSSR count). The summed E-state index contributed by atoms with van der Waals surface area (Å²) < 4.78 is 0. The van der Waals surface area contributed by atoms with Gasteiger partial charge in [0, 0.05) is 0 Å². The van der Waals surface area contributed by atoms with Crippen molar-refractivity contribution in [2.24, 2.45) is 23.7 Å². The molecule has 0 nitrogen and oxygen atoms in total. The highest BCUT2D eigenvalue weighted by Crippen LogP contribution is 2.58. The van der Waals surface area contributed by atoms with Crippen molar-refractivity contribution in [3.8, 4) is 0 Å². The third kappa shape index (κ3) is 0.538. The summed E-state index contributed by atoms with van der Waals surface area (Å²) in [6, 6.07) is 0. The first-order chi connectivity index (χ1) is 4.95. The normalized spacial score (nSPS) is 57.6. The summed E-state index contributed by atoms with van der Waals surface area (Å²) in [5.74, 6) is 4.80. The molecule has 0 spiro atoms. The molecule has 3 saturated carbocycles. The molecule has 0 aromatic heterocycles. The molecule has 0 aromatic carbocycles. The maximum absolute atomic E-state index is 1.62. The summed E-state index contributed by atoms with van der Waals surface area (Å²) in [5, 5.41) is 0. The Bertz CT molecular complexity index is 146. The van der Waals surface area contributed by atoms with Crippen LogP contribution in [0.15, 0.2) is 0 Å². The van der Waals surface area contributed by atoms with Crippen LogP contribution in [0, 0.1) is 23.7 Å². The number of rotatable bonds is 0. The predicted octanol–water partition coefficient (Wildman–Crippen LogP) is 2.83. The van der Waals surface area contributed by atoms with Crippen LogP contribution < -0.4 is 0 Å². The lowest BCUT2D eigenvalue weighted by molar-refractivity contribution is 0.240. The van der Waals surface area contributed by atoms with Crippen molar-refractivity contribution in [1.82, 2.24) is 0 Å². The van der Waals surface area contributed by atoms with E-state index in [1.165, 1.54) is 23.7 Å². The lowest BCUT2D eigenvalue weighted by atomic mass is 9.79. The Kier molecular flexibility index (Phi) is 1.00. The first kappa shape index (κ1) is 5.62. The van der Waals surface area contributed by atoms with Gasteiger partial charge in [-0.25, -0.2) is 0 Å². The van der Waals surface area contributed by atoms with Crippen LogP contribution in [0.25, 0.3) is 0 Å². The third-order valence-electron chi connectivity index (χ3n) is 4.35. The van der Waals surface area contributed by atoms with Crippen LogP contribution in [-0.4, -0.2) is 0 Å². The molecule has 0 saturated heterocycles. The lowest BCUT2D eigenvalue weighted by Gasteiger charge is -2.26. The fraction of sp³-hybridized carbons (Fsp3) is 1.00. The van der Waals surface area contributed by atoms with Gasteiger partial charge in [0.2, 0.25) is 0 Å². The predicted molar refractivity (Wildman–Crippen MR) is 41.7 cm³/mol. The summed E-state index contributed by atoms with van der Waals surface area (Å²) in [5.41, 5.74) is 0. The Balaban J connectivity index is 1.95. The molecule has 0 aliphatic heterocycles. The van der Waals surface area contributed by atoms with Crippen LogP contribution in [0.2, 0.25) is 0 Å².